The first-order chi connectivity index (χ1) is 9.24. The Hall–Kier alpha value is -2.13. The van der Waals surface area contributed by atoms with E-state index in [-0.39, 0.29) is 0 Å². The molecule has 4 heteroatoms. The van der Waals surface area contributed by atoms with E-state index in [9.17, 15) is 0 Å². The third-order valence-corrected chi connectivity index (χ3v) is 3.39. The van der Waals surface area contributed by atoms with E-state index in [2.05, 4.69) is 10.1 Å². The maximum atomic E-state index is 6.04. The van der Waals surface area contributed by atoms with Crippen LogP contribution < -0.4 is 0 Å². The zero-order valence-corrected chi connectivity index (χ0v) is 11.2. The fourth-order valence-corrected chi connectivity index (χ4v) is 2.04. The van der Waals surface area contributed by atoms with Gasteiger partial charge in [-0.2, -0.15) is 5.10 Å². The zero-order valence-electron chi connectivity index (χ0n) is 10.4. The first-order valence-electron chi connectivity index (χ1n) is 5.96. The van der Waals surface area contributed by atoms with E-state index in [1.54, 1.807) is 12.4 Å². The van der Waals surface area contributed by atoms with Crippen LogP contribution in [0.3, 0.4) is 0 Å². The summed E-state index contributed by atoms with van der Waals surface area (Å²) in [6.07, 6.45) is 5.45. The number of nitrogens with zero attached hydrogens (tertiary/aromatic N) is 3. The van der Waals surface area contributed by atoms with Crippen molar-refractivity contribution in [1.29, 1.82) is 0 Å². The molecule has 0 amide bonds. The van der Waals surface area contributed by atoms with E-state index >= 15 is 0 Å². The monoisotopic (exact) mass is 269 g/mol. The van der Waals surface area contributed by atoms with E-state index in [0.717, 1.165) is 27.5 Å². The van der Waals surface area contributed by atoms with Crippen molar-refractivity contribution < 1.29 is 0 Å². The molecule has 3 rings (SSSR count). The van der Waals surface area contributed by atoms with Crippen molar-refractivity contribution in [1.82, 2.24) is 14.8 Å². The first kappa shape index (κ1) is 11.9. The van der Waals surface area contributed by atoms with Crippen LogP contribution >= 0.6 is 11.6 Å². The number of hydrogen-bond donors (Lipinski definition) is 0. The largest absolute Gasteiger partial charge is 0.265 e. The second kappa shape index (κ2) is 4.86. The highest BCUT2D eigenvalue weighted by Crippen LogP contribution is 2.23. The van der Waals surface area contributed by atoms with E-state index in [1.165, 1.54) is 0 Å². The predicted octanol–water partition coefficient (Wildman–Crippen LogP) is 3.90. The van der Waals surface area contributed by atoms with Gasteiger partial charge in [-0.3, -0.25) is 4.98 Å². The molecule has 0 unspecified atom stereocenters. The summed E-state index contributed by atoms with van der Waals surface area (Å²) < 4.78 is 1.83. The highest BCUT2D eigenvalue weighted by Gasteiger charge is 2.05. The summed E-state index contributed by atoms with van der Waals surface area (Å²) in [7, 11) is 0. The van der Waals surface area contributed by atoms with Crippen LogP contribution in [-0.4, -0.2) is 14.8 Å². The van der Waals surface area contributed by atoms with Crippen LogP contribution in [0.25, 0.3) is 16.9 Å². The van der Waals surface area contributed by atoms with Crippen LogP contribution in [0.5, 0.6) is 0 Å². The molecule has 0 aliphatic carbocycles. The van der Waals surface area contributed by atoms with E-state index in [0.29, 0.717) is 0 Å². The summed E-state index contributed by atoms with van der Waals surface area (Å²) in [5.74, 6) is 0. The van der Waals surface area contributed by atoms with Crippen LogP contribution in [0.2, 0.25) is 5.02 Å². The lowest BCUT2D eigenvalue weighted by Gasteiger charge is -2.02. The Morgan fingerprint density at radius 2 is 1.84 bits per heavy atom. The van der Waals surface area contributed by atoms with Crippen molar-refractivity contribution in [3.63, 3.8) is 0 Å². The van der Waals surface area contributed by atoms with E-state index in [1.807, 2.05) is 54.2 Å². The number of hydrogen-bond acceptors (Lipinski definition) is 2. The van der Waals surface area contributed by atoms with Gasteiger partial charge in [0, 0.05) is 29.2 Å². The van der Waals surface area contributed by atoms with Crippen LogP contribution in [0.1, 0.15) is 5.56 Å². The van der Waals surface area contributed by atoms with Gasteiger partial charge in [0.1, 0.15) is 0 Å². The van der Waals surface area contributed by atoms with Gasteiger partial charge >= 0.3 is 0 Å². The Bertz CT molecular complexity index is 704. The first-order valence-corrected chi connectivity index (χ1v) is 6.34. The molecule has 0 fully saturated rings. The molecule has 0 saturated heterocycles. The molecular formula is C15H12ClN3. The van der Waals surface area contributed by atoms with Gasteiger partial charge < -0.3 is 0 Å². The molecule has 94 valence electrons. The van der Waals surface area contributed by atoms with Crippen molar-refractivity contribution in [3.8, 4) is 16.9 Å². The minimum Gasteiger partial charge on any atom is -0.265 e. The lowest BCUT2D eigenvalue weighted by molar-refractivity contribution is 0.881. The van der Waals surface area contributed by atoms with Gasteiger partial charge in [-0.25, -0.2) is 4.68 Å². The van der Waals surface area contributed by atoms with Gasteiger partial charge in [0.15, 0.2) is 0 Å². The highest BCUT2D eigenvalue weighted by molar-refractivity contribution is 6.31. The van der Waals surface area contributed by atoms with Gasteiger partial charge in [-0.1, -0.05) is 17.7 Å². The topological polar surface area (TPSA) is 30.7 Å². The minimum absolute atomic E-state index is 0.775. The second-order valence-electron chi connectivity index (χ2n) is 4.31. The number of halogens is 1. The SMILES string of the molecule is Cc1cc(-c2ccn(-c3ccncc3)n2)ccc1Cl. The molecule has 0 aliphatic heterocycles. The summed E-state index contributed by atoms with van der Waals surface area (Å²) in [6, 6.07) is 11.8. The molecule has 1 aromatic carbocycles. The predicted molar refractivity (Wildman–Crippen MR) is 76.5 cm³/mol. The molecule has 2 aromatic heterocycles. The lowest BCUT2D eigenvalue weighted by atomic mass is 10.1. The Morgan fingerprint density at radius 3 is 2.58 bits per heavy atom. The third-order valence-electron chi connectivity index (χ3n) is 2.97. The highest BCUT2D eigenvalue weighted by atomic mass is 35.5. The fraction of sp³-hybridized carbons (Fsp3) is 0.0667. The van der Waals surface area contributed by atoms with Crippen molar-refractivity contribution in [3.05, 3.63) is 65.6 Å². The molecule has 2 heterocycles. The molecule has 0 aliphatic rings. The van der Waals surface area contributed by atoms with Gasteiger partial charge in [-0.05, 0) is 42.8 Å². The molecule has 0 saturated carbocycles. The molecule has 0 radical (unpaired) electrons. The number of pyridine rings is 1. The van der Waals surface area contributed by atoms with Crippen molar-refractivity contribution in [2.75, 3.05) is 0 Å². The average molecular weight is 270 g/mol. The van der Waals surface area contributed by atoms with Gasteiger partial charge in [0.2, 0.25) is 0 Å². The molecule has 0 N–H and O–H groups in total. The molecule has 3 nitrogen and oxygen atoms in total. The summed E-state index contributed by atoms with van der Waals surface area (Å²) in [5.41, 5.74) is 4.04. The van der Waals surface area contributed by atoms with Crippen LogP contribution in [0.4, 0.5) is 0 Å². The van der Waals surface area contributed by atoms with Crippen LogP contribution in [0, 0.1) is 6.92 Å². The average Bonchev–Trinajstić information content (AvgIpc) is 2.93. The van der Waals surface area contributed by atoms with Crippen molar-refractivity contribution in [2.45, 2.75) is 6.92 Å². The maximum Gasteiger partial charge on any atom is 0.0927 e. The minimum atomic E-state index is 0.775. The Balaban J connectivity index is 1.99. The molecular weight excluding hydrogens is 258 g/mol. The second-order valence-corrected chi connectivity index (χ2v) is 4.72. The molecule has 0 spiro atoms. The standard InChI is InChI=1S/C15H12ClN3/c1-11-10-12(2-3-14(11)16)15-6-9-19(18-15)13-4-7-17-8-5-13/h2-10H,1H3. The Morgan fingerprint density at radius 1 is 1.05 bits per heavy atom. The number of aromatic nitrogens is 3. The summed E-state index contributed by atoms with van der Waals surface area (Å²) >= 11 is 6.04. The molecule has 0 atom stereocenters. The smallest absolute Gasteiger partial charge is 0.0927 e. The van der Waals surface area contributed by atoms with Crippen LogP contribution in [-0.2, 0) is 0 Å². The summed E-state index contributed by atoms with van der Waals surface area (Å²) in [6.45, 7) is 1.99. The van der Waals surface area contributed by atoms with Crippen molar-refractivity contribution >= 4 is 11.6 Å². The van der Waals surface area contributed by atoms with E-state index in [4.69, 9.17) is 11.6 Å². The zero-order chi connectivity index (χ0) is 13.2. The summed E-state index contributed by atoms with van der Waals surface area (Å²) in [5, 5.41) is 5.34. The van der Waals surface area contributed by atoms with Gasteiger partial charge in [-0.15, -0.1) is 0 Å². The number of benzene rings is 1. The normalized spacial score (nSPS) is 10.6. The number of rotatable bonds is 2. The maximum absolute atomic E-state index is 6.04. The molecule has 19 heavy (non-hydrogen) atoms. The van der Waals surface area contributed by atoms with E-state index < -0.39 is 0 Å². The quantitative estimate of drug-likeness (QED) is 0.706. The fourth-order valence-electron chi connectivity index (χ4n) is 1.92. The Kier molecular flexibility index (Phi) is 3.05. The van der Waals surface area contributed by atoms with Gasteiger partial charge in [0.05, 0.1) is 11.4 Å². The lowest BCUT2D eigenvalue weighted by Crippen LogP contribution is -1.94. The summed E-state index contributed by atoms with van der Waals surface area (Å²) in [4.78, 5) is 4.00. The third kappa shape index (κ3) is 2.37. The van der Waals surface area contributed by atoms with Crippen molar-refractivity contribution in [2.24, 2.45) is 0 Å². The molecule has 3 aromatic rings. The van der Waals surface area contributed by atoms with Gasteiger partial charge in [0.25, 0.3) is 0 Å². The number of aryl methyl sites for hydroxylation is 1. The van der Waals surface area contributed by atoms with Crippen LogP contribution in [0.15, 0.2) is 55.0 Å². The Labute approximate surface area is 116 Å². The molecule has 0 bridgehead atoms.